The molecule has 1 aliphatic rings. The Hall–Kier alpha value is -0.0800. The van der Waals surface area contributed by atoms with E-state index >= 15 is 0 Å². The van der Waals surface area contributed by atoms with E-state index in [2.05, 4.69) is 12.2 Å². The van der Waals surface area contributed by atoms with Crippen molar-refractivity contribution in [2.24, 2.45) is 5.92 Å². The second-order valence-corrected chi connectivity index (χ2v) is 4.11. The van der Waals surface area contributed by atoms with E-state index in [4.69, 9.17) is 5.11 Å². The van der Waals surface area contributed by atoms with Crippen molar-refractivity contribution in [3.05, 3.63) is 0 Å². The lowest BCUT2D eigenvalue weighted by molar-refractivity contribution is 0.181. The third kappa shape index (κ3) is 3.11. The average Bonchev–Trinajstić information content (AvgIpc) is 2.36. The van der Waals surface area contributed by atoms with Crippen molar-refractivity contribution in [3.8, 4) is 0 Å². The fourth-order valence-corrected chi connectivity index (χ4v) is 1.93. The Bertz CT molecular complexity index is 125. The topological polar surface area (TPSA) is 32.3 Å². The van der Waals surface area contributed by atoms with Crippen LogP contribution in [0.25, 0.3) is 0 Å². The molecule has 0 spiro atoms. The summed E-state index contributed by atoms with van der Waals surface area (Å²) < 4.78 is 0. The lowest BCUT2D eigenvalue weighted by atomic mass is 10.1. The molecule has 72 valence electrons. The van der Waals surface area contributed by atoms with Crippen LogP contribution in [0.3, 0.4) is 0 Å². The number of rotatable bonds is 4. The van der Waals surface area contributed by atoms with Crippen LogP contribution in [0.1, 0.15) is 39.5 Å². The van der Waals surface area contributed by atoms with Crippen LogP contribution < -0.4 is 5.32 Å². The van der Waals surface area contributed by atoms with Crippen LogP contribution in [0.2, 0.25) is 0 Å². The first kappa shape index (κ1) is 10.0. The second kappa shape index (κ2) is 4.83. The minimum absolute atomic E-state index is 0.158. The van der Waals surface area contributed by atoms with E-state index in [0.29, 0.717) is 6.04 Å². The van der Waals surface area contributed by atoms with E-state index in [1.54, 1.807) is 0 Å². The largest absolute Gasteiger partial charge is 0.393 e. The normalized spacial score (nSPS) is 32.2. The smallest absolute Gasteiger partial charge is 0.0524 e. The van der Waals surface area contributed by atoms with Gasteiger partial charge in [0.25, 0.3) is 0 Å². The highest BCUT2D eigenvalue weighted by Crippen LogP contribution is 2.24. The molecule has 0 aromatic rings. The minimum Gasteiger partial charge on any atom is -0.393 e. The van der Waals surface area contributed by atoms with Gasteiger partial charge in [-0.15, -0.1) is 0 Å². The fraction of sp³-hybridized carbons (Fsp3) is 1.00. The van der Waals surface area contributed by atoms with Gasteiger partial charge in [-0.2, -0.15) is 0 Å². The zero-order chi connectivity index (χ0) is 8.97. The predicted molar refractivity (Wildman–Crippen MR) is 51.1 cm³/mol. The van der Waals surface area contributed by atoms with E-state index in [-0.39, 0.29) is 6.10 Å². The zero-order valence-electron chi connectivity index (χ0n) is 8.21. The predicted octanol–water partition coefficient (Wildman–Crippen LogP) is 1.54. The summed E-state index contributed by atoms with van der Waals surface area (Å²) in [5.74, 6) is 0.832. The first-order valence-electron chi connectivity index (χ1n) is 5.11. The molecule has 12 heavy (non-hydrogen) atoms. The van der Waals surface area contributed by atoms with Crippen molar-refractivity contribution in [1.29, 1.82) is 0 Å². The number of nitrogens with one attached hydrogen (secondary N) is 1. The molecule has 1 saturated carbocycles. The summed E-state index contributed by atoms with van der Waals surface area (Å²) in [5.41, 5.74) is 0. The molecule has 1 rings (SSSR count). The highest BCUT2D eigenvalue weighted by molar-refractivity contribution is 4.79. The number of hydrogen-bond donors (Lipinski definition) is 2. The van der Waals surface area contributed by atoms with Gasteiger partial charge in [0.1, 0.15) is 0 Å². The lowest BCUT2D eigenvalue weighted by Crippen LogP contribution is -2.32. The molecule has 3 atom stereocenters. The molecule has 2 N–H and O–H groups in total. The SMILES string of the molecule is C[C@@H]1CCC[C@@H]1NCC[C@@H](C)O. The van der Waals surface area contributed by atoms with Gasteiger partial charge in [-0.25, -0.2) is 0 Å². The number of aliphatic hydroxyl groups excluding tert-OH is 1. The highest BCUT2D eigenvalue weighted by atomic mass is 16.3. The van der Waals surface area contributed by atoms with Crippen LogP contribution in [0.15, 0.2) is 0 Å². The number of hydrogen-bond acceptors (Lipinski definition) is 2. The van der Waals surface area contributed by atoms with E-state index in [1.165, 1.54) is 19.3 Å². The standard InChI is InChI=1S/C10H21NO/c1-8-4-3-5-10(8)11-7-6-9(2)12/h8-12H,3-7H2,1-2H3/t8-,9-,10+/m1/s1. The van der Waals surface area contributed by atoms with Crippen LogP contribution in [0.5, 0.6) is 0 Å². The molecule has 0 aromatic carbocycles. The molecular formula is C10H21NO. The quantitative estimate of drug-likeness (QED) is 0.672. The number of aliphatic hydroxyl groups is 1. The van der Waals surface area contributed by atoms with Crippen molar-refractivity contribution in [2.75, 3.05) is 6.54 Å². The molecule has 2 nitrogen and oxygen atoms in total. The van der Waals surface area contributed by atoms with Gasteiger partial charge in [-0.05, 0) is 38.6 Å². The minimum atomic E-state index is -0.158. The molecule has 0 saturated heterocycles. The Kier molecular flexibility index (Phi) is 4.02. The summed E-state index contributed by atoms with van der Waals surface area (Å²) in [5, 5.41) is 12.6. The molecule has 0 aromatic heterocycles. The maximum Gasteiger partial charge on any atom is 0.0524 e. The van der Waals surface area contributed by atoms with Crippen LogP contribution in [0, 0.1) is 5.92 Å². The summed E-state index contributed by atoms with van der Waals surface area (Å²) in [4.78, 5) is 0. The third-order valence-electron chi connectivity index (χ3n) is 2.83. The van der Waals surface area contributed by atoms with Crippen LogP contribution in [-0.4, -0.2) is 23.8 Å². The Morgan fingerprint density at radius 1 is 1.50 bits per heavy atom. The van der Waals surface area contributed by atoms with Crippen molar-refractivity contribution in [3.63, 3.8) is 0 Å². The van der Waals surface area contributed by atoms with E-state index in [9.17, 15) is 0 Å². The summed E-state index contributed by atoms with van der Waals surface area (Å²) in [6.45, 7) is 5.12. The van der Waals surface area contributed by atoms with Gasteiger partial charge in [0.15, 0.2) is 0 Å². The Morgan fingerprint density at radius 3 is 2.75 bits per heavy atom. The van der Waals surface area contributed by atoms with Gasteiger partial charge < -0.3 is 10.4 Å². The molecule has 1 aliphatic carbocycles. The summed E-state index contributed by atoms with van der Waals surface area (Å²) >= 11 is 0. The van der Waals surface area contributed by atoms with Crippen LogP contribution in [-0.2, 0) is 0 Å². The Morgan fingerprint density at radius 2 is 2.25 bits per heavy atom. The van der Waals surface area contributed by atoms with Gasteiger partial charge in [0, 0.05) is 6.04 Å². The van der Waals surface area contributed by atoms with Crippen molar-refractivity contribution >= 4 is 0 Å². The monoisotopic (exact) mass is 171 g/mol. The van der Waals surface area contributed by atoms with Gasteiger partial charge in [0.2, 0.25) is 0 Å². The molecule has 2 heteroatoms. The molecule has 0 unspecified atom stereocenters. The van der Waals surface area contributed by atoms with E-state index < -0.39 is 0 Å². The van der Waals surface area contributed by atoms with Crippen LogP contribution in [0.4, 0.5) is 0 Å². The molecule has 0 amide bonds. The van der Waals surface area contributed by atoms with Gasteiger partial charge >= 0.3 is 0 Å². The first-order valence-corrected chi connectivity index (χ1v) is 5.11. The van der Waals surface area contributed by atoms with Crippen molar-refractivity contribution in [1.82, 2.24) is 5.32 Å². The zero-order valence-corrected chi connectivity index (χ0v) is 8.21. The third-order valence-corrected chi connectivity index (χ3v) is 2.83. The molecule has 0 aliphatic heterocycles. The van der Waals surface area contributed by atoms with Crippen molar-refractivity contribution < 1.29 is 5.11 Å². The molecular weight excluding hydrogens is 150 g/mol. The van der Waals surface area contributed by atoms with E-state index in [1.807, 2.05) is 6.92 Å². The van der Waals surface area contributed by atoms with Gasteiger partial charge in [-0.3, -0.25) is 0 Å². The summed E-state index contributed by atoms with van der Waals surface area (Å²) in [7, 11) is 0. The lowest BCUT2D eigenvalue weighted by Gasteiger charge is -2.17. The highest BCUT2D eigenvalue weighted by Gasteiger charge is 2.22. The Labute approximate surface area is 75.4 Å². The summed E-state index contributed by atoms with van der Waals surface area (Å²) in [6, 6.07) is 0.712. The maximum absolute atomic E-state index is 9.05. The van der Waals surface area contributed by atoms with E-state index in [0.717, 1.165) is 18.9 Å². The second-order valence-electron chi connectivity index (χ2n) is 4.11. The van der Waals surface area contributed by atoms with Gasteiger partial charge in [-0.1, -0.05) is 13.3 Å². The average molecular weight is 171 g/mol. The summed E-state index contributed by atoms with van der Waals surface area (Å²) in [6.07, 6.45) is 4.78. The molecule has 0 bridgehead atoms. The molecule has 0 heterocycles. The first-order chi connectivity index (χ1) is 5.70. The molecule has 1 fully saturated rings. The molecule has 0 radical (unpaired) electrons. The Balaban J connectivity index is 2.06. The maximum atomic E-state index is 9.05. The van der Waals surface area contributed by atoms with Crippen molar-refractivity contribution in [2.45, 2.75) is 51.7 Å². The van der Waals surface area contributed by atoms with Crippen LogP contribution >= 0.6 is 0 Å². The van der Waals surface area contributed by atoms with Gasteiger partial charge in [0.05, 0.1) is 6.10 Å². The fourth-order valence-electron chi connectivity index (χ4n) is 1.93.